The molecule has 1 N–H and O–H groups in total. The zero-order valence-electron chi connectivity index (χ0n) is 18.0. The average Bonchev–Trinajstić information content (AvgIpc) is 3.69. The molecule has 1 aliphatic heterocycles. The highest BCUT2D eigenvalue weighted by molar-refractivity contribution is 5.97. The number of aromatic nitrogens is 3. The summed E-state index contributed by atoms with van der Waals surface area (Å²) in [5.41, 5.74) is 0.427. The number of alkyl halides is 2. The van der Waals surface area contributed by atoms with E-state index in [9.17, 15) is 18.0 Å². The van der Waals surface area contributed by atoms with Gasteiger partial charge >= 0.3 is 0 Å². The van der Waals surface area contributed by atoms with E-state index in [4.69, 9.17) is 4.74 Å². The standard InChI is InChI=1S/C24H20F3N5O2/c25-19-9-16(32-5-7-34-8-6-32)12-28-20(19)4-3-15-11-30-22(23(26)27)18-13-29-21(10-17(15)18)31-24(33)14-1-2-14/h9-14,23H,1-2,5-8H2,(H,29,31,33). The van der Waals surface area contributed by atoms with Crippen LogP contribution in [0.3, 0.4) is 0 Å². The van der Waals surface area contributed by atoms with Crippen molar-refractivity contribution in [3.8, 4) is 11.8 Å². The van der Waals surface area contributed by atoms with E-state index < -0.39 is 17.9 Å². The quantitative estimate of drug-likeness (QED) is 0.590. The van der Waals surface area contributed by atoms with Gasteiger partial charge in [-0.3, -0.25) is 9.78 Å². The molecular weight excluding hydrogens is 447 g/mol. The van der Waals surface area contributed by atoms with Crippen molar-refractivity contribution in [2.24, 2.45) is 5.92 Å². The molecule has 3 aromatic heterocycles. The number of nitrogens with one attached hydrogen (secondary N) is 1. The van der Waals surface area contributed by atoms with Gasteiger partial charge in [-0.2, -0.15) is 0 Å². The Hall–Kier alpha value is -3.71. The molecule has 1 aliphatic carbocycles. The van der Waals surface area contributed by atoms with Crippen molar-refractivity contribution in [3.63, 3.8) is 0 Å². The number of rotatable bonds is 4. The maximum Gasteiger partial charge on any atom is 0.281 e. The molecule has 0 unspecified atom stereocenters. The summed E-state index contributed by atoms with van der Waals surface area (Å²) in [5, 5.41) is 3.15. The first-order chi connectivity index (χ1) is 16.5. The number of fused-ring (bicyclic) bond motifs is 1. The van der Waals surface area contributed by atoms with Crippen LogP contribution < -0.4 is 10.2 Å². The molecule has 7 nitrogen and oxygen atoms in total. The molecule has 0 aromatic carbocycles. The number of amides is 1. The Bertz CT molecular complexity index is 1310. The molecule has 5 rings (SSSR count). The normalized spacial score (nSPS) is 15.8. The highest BCUT2D eigenvalue weighted by atomic mass is 19.3. The highest BCUT2D eigenvalue weighted by Gasteiger charge is 2.30. The van der Waals surface area contributed by atoms with Gasteiger partial charge < -0.3 is 15.0 Å². The Morgan fingerprint density at radius 2 is 1.85 bits per heavy atom. The van der Waals surface area contributed by atoms with E-state index in [2.05, 4.69) is 32.1 Å². The van der Waals surface area contributed by atoms with Crippen LogP contribution in [-0.2, 0) is 9.53 Å². The molecule has 1 saturated carbocycles. The third-order valence-corrected chi connectivity index (χ3v) is 5.73. The number of halogens is 3. The number of ether oxygens (including phenoxy) is 1. The number of nitrogens with zero attached hydrogens (tertiary/aromatic N) is 4. The summed E-state index contributed by atoms with van der Waals surface area (Å²) in [7, 11) is 0. The molecular formula is C24H20F3N5O2. The van der Waals surface area contributed by atoms with Gasteiger partial charge in [0, 0.05) is 48.2 Å². The van der Waals surface area contributed by atoms with Crippen LogP contribution in [0, 0.1) is 23.6 Å². The number of morpholine rings is 1. The van der Waals surface area contributed by atoms with E-state index in [1.807, 2.05) is 4.90 Å². The van der Waals surface area contributed by atoms with Crippen LogP contribution in [0.2, 0.25) is 0 Å². The predicted molar refractivity (Wildman–Crippen MR) is 119 cm³/mol. The first-order valence-electron chi connectivity index (χ1n) is 10.9. The first-order valence-corrected chi connectivity index (χ1v) is 10.9. The fourth-order valence-electron chi connectivity index (χ4n) is 3.71. The van der Waals surface area contributed by atoms with Gasteiger partial charge in [0.25, 0.3) is 6.43 Å². The van der Waals surface area contributed by atoms with Crippen LogP contribution in [0.15, 0.2) is 30.7 Å². The first kappa shape index (κ1) is 22.1. The Kier molecular flexibility index (Phi) is 6.02. The summed E-state index contributed by atoms with van der Waals surface area (Å²) in [4.78, 5) is 26.1. The molecule has 174 valence electrons. The Balaban J connectivity index is 1.48. The molecule has 4 heterocycles. The lowest BCUT2D eigenvalue weighted by atomic mass is 10.1. The monoisotopic (exact) mass is 467 g/mol. The fraction of sp³-hybridized carbons (Fsp3) is 0.333. The molecule has 0 bridgehead atoms. The molecule has 0 spiro atoms. The summed E-state index contributed by atoms with van der Waals surface area (Å²) < 4.78 is 47.0. The smallest absolute Gasteiger partial charge is 0.281 e. The van der Waals surface area contributed by atoms with E-state index in [0.717, 1.165) is 12.8 Å². The second-order valence-corrected chi connectivity index (χ2v) is 8.11. The zero-order chi connectivity index (χ0) is 23.7. The number of pyridine rings is 3. The third kappa shape index (κ3) is 4.65. The summed E-state index contributed by atoms with van der Waals surface area (Å²) in [5.74, 6) is 4.91. The topological polar surface area (TPSA) is 80.2 Å². The van der Waals surface area contributed by atoms with Crippen molar-refractivity contribution in [1.82, 2.24) is 15.0 Å². The van der Waals surface area contributed by atoms with E-state index in [1.54, 1.807) is 6.20 Å². The van der Waals surface area contributed by atoms with Crippen LogP contribution in [0.25, 0.3) is 10.8 Å². The summed E-state index contributed by atoms with van der Waals surface area (Å²) in [6.07, 6.45) is 2.82. The number of hydrogen-bond donors (Lipinski definition) is 1. The van der Waals surface area contributed by atoms with Gasteiger partial charge in [0.05, 0.1) is 30.7 Å². The average molecular weight is 467 g/mol. The van der Waals surface area contributed by atoms with Gasteiger partial charge in [-0.25, -0.2) is 23.1 Å². The minimum Gasteiger partial charge on any atom is -0.378 e. The van der Waals surface area contributed by atoms with Gasteiger partial charge in [-0.1, -0.05) is 5.92 Å². The molecule has 0 radical (unpaired) electrons. The fourth-order valence-corrected chi connectivity index (χ4v) is 3.71. The summed E-state index contributed by atoms with van der Waals surface area (Å²) in [6.45, 7) is 2.42. The zero-order valence-corrected chi connectivity index (χ0v) is 18.0. The SMILES string of the molecule is O=C(Nc1cc2c(C#Cc3ncc(N4CCOCC4)cc3F)cnc(C(F)F)c2cn1)C1CC1. The highest BCUT2D eigenvalue weighted by Crippen LogP contribution is 2.32. The lowest BCUT2D eigenvalue weighted by Gasteiger charge is -2.28. The molecule has 10 heteroatoms. The molecule has 1 saturated heterocycles. The molecule has 1 amide bonds. The molecule has 2 fully saturated rings. The van der Waals surface area contributed by atoms with Gasteiger partial charge in [-0.05, 0) is 24.8 Å². The second kappa shape index (κ2) is 9.27. The van der Waals surface area contributed by atoms with Crippen LogP contribution in [-0.4, -0.2) is 47.2 Å². The van der Waals surface area contributed by atoms with Crippen molar-refractivity contribution < 1.29 is 22.7 Å². The van der Waals surface area contributed by atoms with Gasteiger partial charge in [0.2, 0.25) is 5.91 Å². The summed E-state index contributed by atoms with van der Waals surface area (Å²) >= 11 is 0. The van der Waals surface area contributed by atoms with Crippen LogP contribution in [0.1, 0.15) is 36.2 Å². The van der Waals surface area contributed by atoms with E-state index >= 15 is 0 Å². The third-order valence-electron chi connectivity index (χ3n) is 5.73. The number of hydrogen-bond acceptors (Lipinski definition) is 6. The van der Waals surface area contributed by atoms with Crippen LogP contribution >= 0.6 is 0 Å². The Labute approximate surface area is 193 Å². The van der Waals surface area contributed by atoms with Crippen molar-refractivity contribution in [2.75, 3.05) is 36.5 Å². The molecule has 3 aromatic rings. The predicted octanol–water partition coefficient (Wildman–Crippen LogP) is 3.69. The molecule has 2 aliphatic rings. The van der Waals surface area contributed by atoms with E-state index in [0.29, 0.717) is 42.9 Å². The number of carbonyl (C=O) groups excluding carboxylic acids is 1. The number of anilines is 2. The van der Waals surface area contributed by atoms with E-state index in [1.165, 1.54) is 24.5 Å². The minimum absolute atomic E-state index is 0.0414. The molecule has 0 atom stereocenters. The maximum absolute atomic E-state index is 14.7. The lowest BCUT2D eigenvalue weighted by Crippen LogP contribution is -2.36. The summed E-state index contributed by atoms with van der Waals surface area (Å²) in [6, 6.07) is 2.85. The van der Waals surface area contributed by atoms with Crippen LogP contribution in [0.4, 0.5) is 24.7 Å². The maximum atomic E-state index is 14.7. The second-order valence-electron chi connectivity index (χ2n) is 8.11. The van der Waals surface area contributed by atoms with Crippen molar-refractivity contribution in [3.05, 3.63) is 53.5 Å². The van der Waals surface area contributed by atoms with Crippen molar-refractivity contribution in [2.45, 2.75) is 19.3 Å². The van der Waals surface area contributed by atoms with Crippen molar-refractivity contribution >= 4 is 28.2 Å². The largest absolute Gasteiger partial charge is 0.378 e. The number of carbonyl (C=O) groups is 1. The van der Waals surface area contributed by atoms with Crippen LogP contribution in [0.5, 0.6) is 0 Å². The lowest BCUT2D eigenvalue weighted by molar-refractivity contribution is -0.117. The Morgan fingerprint density at radius 1 is 1.06 bits per heavy atom. The van der Waals surface area contributed by atoms with Crippen molar-refractivity contribution in [1.29, 1.82) is 0 Å². The van der Waals surface area contributed by atoms with Gasteiger partial charge in [-0.15, -0.1) is 0 Å². The Morgan fingerprint density at radius 3 is 2.56 bits per heavy atom. The van der Waals surface area contributed by atoms with Gasteiger partial charge in [0.1, 0.15) is 17.2 Å². The van der Waals surface area contributed by atoms with E-state index in [-0.39, 0.29) is 28.7 Å². The minimum atomic E-state index is -2.81. The molecule has 34 heavy (non-hydrogen) atoms. The van der Waals surface area contributed by atoms with Gasteiger partial charge in [0.15, 0.2) is 5.82 Å².